The topological polar surface area (TPSA) is 32.5 Å². The Balaban J connectivity index is 1.98. The van der Waals surface area contributed by atoms with Gasteiger partial charge in [0.1, 0.15) is 0 Å². The van der Waals surface area contributed by atoms with E-state index in [4.69, 9.17) is 5.73 Å². The minimum absolute atomic E-state index is 0.730. The summed E-state index contributed by atoms with van der Waals surface area (Å²) in [6, 6.07) is 8.83. The maximum atomic E-state index is 5.54. The van der Waals surface area contributed by atoms with E-state index >= 15 is 0 Å². The molecule has 0 bridgehead atoms. The molecule has 16 heavy (non-hydrogen) atoms. The van der Waals surface area contributed by atoms with Crippen LogP contribution in [0.25, 0.3) is 0 Å². The van der Waals surface area contributed by atoms with Crippen molar-refractivity contribution in [2.24, 2.45) is 5.73 Å². The first-order valence-electron chi connectivity index (χ1n) is 6.02. The van der Waals surface area contributed by atoms with Crippen LogP contribution in [0.3, 0.4) is 0 Å². The van der Waals surface area contributed by atoms with Crippen molar-refractivity contribution in [3.05, 3.63) is 29.8 Å². The van der Waals surface area contributed by atoms with Gasteiger partial charge in [0.05, 0.1) is 0 Å². The third kappa shape index (κ3) is 2.74. The van der Waals surface area contributed by atoms with Crippen LogP contribution in [0.4, 0.5) is 5.69 Å². The van der Waals surface area contributed by atoms with E-state index in [-0.39, 0.29) is 0 Å². The van der Waals surface area contributed by atoms with Crippen LogP contribution in [0.1, 0.15) is 5.56 Å². The zero-order chi connectivity index (χ0) is 11.4. The highest BCUT2D eigenvalue weighted by atomic mass is 15.2. The summed E-state index contributed by atoms with van der Waals surface area (Å²) in [5, 5.41) is 0. The van der Waals surface area contributed by atoms with Crippen LogP contribution in [-0.4, -0.2) is 44.7 Å². The number of nitrogens with zero attached hydrogens (tertiary/aromatic N) is 2. The largest absolute Gasteiger partial charge is 0.369 e. The summed E-state index contributed by atoms with van der Waals surface area (Å²) in [6.07, 6.45) is 0.975. The number of benzene rings is 1. The second-order valence-corrected chi connectivity index (χ2v) is 4.50. The van der Waals surface area contributed by atoms with Gasteiger partial charge in [0.15, 0.2) is 0 Å². The second kappa shape index (κ2) is 5.32. The van der Waals surface area contributed by atoms with Crippen LogP contribution in [0.2, 0.25) is 0 Å². The van der Waals surface area contributed by atoms with E-state index in [1.807, 2.05) is 0 Å². The summed E-state index contributed by atoms with van der Waals surface area (Å²) < 4.78 is 0. The summed E-state index contributed by atoms with van der Waals surface area (Å²) in [4.78, 5) is 4.82. The molecule has 1 saturated heterocycles. The smallest absolute Gasteiger partial charge is 0.0367 e. The maximum absolute atomic E-state index is 5.54. The number of nitrogens with two attached hydrogens (primary N) is 1. The molecule has 2 N–H and O–H groups in total. The van der Waals surface area contributed by atoms with Crippen molar-refractivity contribution in [1.29, 1.82) is 0 Å². The van der Waals surface area contributed by atoms with E-state index in [9.17, 15) is 0 Å². The summed E-state index contributed by atoms with van der Waals surface area (Å²) >= 11 is 0. The lowest BCUT2D eigenvalue weighted by Gasteiger charge is -2.34. The molecule has 0 unspecified atom stereocenters. The molecule has 0 saturated carbocycles. The third-order valence-electron chi connectivity index (χ3n) is 3.24. The summed E-state index contributed by atoms with van der Waals surface area (Å²) in [5.74, 6) is 0. The van der Waals surface area contributed by atoms with Crippen molar-refractivity contribution in [2.45, 2.75) is 6.42 Å². The number of likely N-dealkylation sites (N-methyl/N-ethyl adjacent to an activating group) is 1. The fraction of sp³-hybridized carbons (Fsp3) is 0.538. The molecule has 0 spiro atoms. The zero-order valence-corrected chi connectivity index (χ0v) is 10.0. The molecule has 1 aliphatic rings. The Hall–Kier alpha value is -1.06. The fourth-order valence-corrected chi connectivity index (χ4v) is 2.10. The normalized spacial score (nSPS) is 17.8. The van der Waals surface area contributed by atoms with E-state index in [2.05, 4.69) is 41.1 Å². The average molecular weight is 219 g/mol. The molecule has 3 nitrogen and oxygen atoms in total. The molecule has 0 amide bonds. The van der Waals surface area contributed by atoms with E-state index in [1.54, 1.807) is 0 Å². The Morgan fingerprint density at radius 1 is 1.06 bits per heavy atom. The van der Waals surface area contributed by atoms with Gasteiger partial charge in [0.2, 0.25) is 0 Å². The Morgan fingerprint density at radius 3 is 2.25 bits per heavy atom. The van der Waals surface area contributed by atoms with Gasteiger partial charge >= 0.3 is 0 Å². The highest BCUT2D eigenvalue weighted by Gasteiger charge is 2.13. The molecule has 0 aliphatic carbocycles. The summed E-state index contributed by atoms with van der Waals surface area (Å²) in [7, 11) is 2.18. The van der Waals surface area contributed by atoms with Crippen LogP contribution in [0, 0.1) is 0 Å². The Kier molecular flexibility index (Phi) is 3.80. The molecule has 1 aromatic rings. The van der Waals surface area contributed by atoms with Crippen LogP contribution >= 0.6 is 0 Å². The SMILES string of the molecule is CN1CCN(c2ccc(CCN)cc2)CC1. The van der Waals surface area contributed by atoms with Crippen molar-refractivity contribution >= 4 is 5.69 Å². The van der Waals surface area contributed by atoms with Crippen molar-refractivity contribution in [3.8, 4) is 0 Å². The van der Waals surface area contributed by atoms with Gasteiger partial charge in [-0.2, -0.15) is 0 Å². The molecular formula is C13H21N3. The Morgan fingerprint density at radius 2 is 1.69 bits per heavy atom. The van der Waals surface area contributed by atoms with Gasteiger partial charge in [0, 0.05) is 31.9 Å². The zero-order valence-electron chi connectivity index (χ0n) is 10.0. The van der Waals surface area contributed by atoms with Crippen molar-refractivity contribution < 1.29 is 0 Å². The molecule has 1 heterocycles. The van der Waals surface area contributed by atoms with Gasteiger partial charge in [0.25, 0.3) is 0 Å². The number of piperazine rings is 1. The van der Waals surface area contributed by atoms with E-state index in [0.717, 1.165) is 39.1 Å². The molecule has 1 aromatic carbocycles. The minimum Gasteiger partial charge on any atom is -0.369 e. The highest BCUT2D eigenvalue weighted by Crippen LogP contribution is 2.17. The van der Waals surface area contributed by atoms with Gasteiger partial charge in [-0.1, -0.05) is 12.1 Å². The predicted molar refractivity (Wildman–Crippen MR) is 68.9 cm³/mol. The molecule has 2 rings (SSSR count). The summed E-state index contributed by atoms with van der Waals surface area (Å²) in [5.41, 5.74) is 8.22. The van der Waals surface area contributed by atoms with Crippen molar-refractivity contribution in [3.63, 3.8) is 0 Å². The number of hydrogen-bond acceptors (Lipinski definition) is 3. The molecule has 0 radical (unpaired) electrons. The molecule has 0 aromatic heterocycles. The molecule has 88 valence electrons. The number of anilines is 1. The van der Waals surface area contributed by atoms with Gasteiger partial charge in [-0.25, -0.2) is 0 Å². The molecule has 3 heteroatoms. The number of rotatable bonds is 3. The van der Waals surface area contributed by atoms with Crippen LogP contribution < -0.4 is 10.6 Å². The van der Waals surface area contributed by atoms with E-state index < -0.39 is 0 Å². The minimum atomic E-state index is 0.730. The lowest BCUT2D eigenvalue weighted by molar-refractivity contribution is 0.313. The van der Waals surface area contributed by atoms with Crippen LogP contribution in [0.15, 0.2) is 24.3 Å². The second-order valence-electron chi connectivity index (χ2n) is 4.50. The number of hydrogen-bond donors (Lipinski definition) is 1. The quantitative estimate of drug-likeness (QED) is 0.821. The highest BCUT2D eigenvalue weighted by molar-refractivity contribution is 5.48. The standard InChI is InChI=1S/C13H21N3/c1-15-8-10-16(11-9-15)13-4-2-12(3-5-13)6-7-14/h2-5H,6-11,14H2,1H3. The molecular weight excluding hydrogens is 198 g/mol. The third-order valence-corrected chi connectivity index (χ3v) is 3.24. The van der Waals surface area contributed by atoms with Crippen molar-refractivity contribution in [2.75, 3.05) is 44.7 Å². The van der Waals surface area contributed by atoms with Gasteiger partial charge in [-0.15, -0.1) is 0 Å². The summed E-state index contributed by atoms with van der Waals surface area (Å²) in [6.45, 7) is 5.31. The Bertz CT molecular complexity index is 312. The van der Waals surface area contributed by atoms with E-state index in [0.29, 0.717) is 0 Å². The fourth-order valence-electron chi connectivity index (χ4n) is 2.10. The lowest BCUT2D eigenvalue weighted by Crippen LogP contribution is -2.44. The molecule has 1 fully saturated rings. The predicted octanol–water partition coefficient (Wildman–Crippen LogP) is 0.940. The molecule has 1 aliphatic heterocycles. The average Bonchev–Trinajstić information content (AvgIpc) is 2.32. The van der Waals surface area contributed by atoms with Crippen LogP contribution in [0.5, 0.6) is 0 Å². The van der Waals surface area contributed by atoms with Gasteiger partial charge in [-0.05, 0) is 37.7 Å². The molecule has 0 atom stereocenters. The first-order valence-corrected chi connectivity index (χ1v) is 6.02. The van der Waals surface area contributed by atoms with E-state index in [1.165, 1.54) is 11.3 Å². The first-order chi connectivity index (χ1) is 7.79. The lowest BCUT2D eigenvalue weighted by atomic mass is 10.1. The van der Waals surface area contributed by atoms with Crippen molar-refractivity contribution in [1.82, 2.24) is 4.90 Å². The van der Waals surface area contributed by atoms with Gasteiger partial charge < -0.3 is 15.5 Å². The van der Waals surface area contributed by atoms with Gasteiger partial charge in [-0.3, -0.25) is 0 Å². The monoisotopic (exact) mass is 219 g/mol. The Labute approximate surface area is 97.8 Å². The van der Waals surface area contributed by atoms with Crippen LogP contribution in [-0.2, 0) is 6.42 Å². The maximum Gasteiger partial charge on any atom is 0.0367 e. The first kappa shape index (κ1) is 11.4.